The highest BCUT2D eigenvalue weighted by Crippen LogP contribution is 2.18. The summed E-state index contributed by atoms with van der Waals surface area (Å²) >= 11 is 0. The number of rotatable bonds is 6. The number of methoxy groups -OCH3 is 1. The van der Waals surface area contributed by atoms with Crippen molar-refractivity contribution in [1.82, 2.24) is 14.9 Å². The minimum absolute atomic E-state index is 0.173. The van der Waals surface area contributed by atoms with E-state index in [9.17, 15) is 5.11 Å². The zero-order valence-electron chi connectivity index (χ0n) is 14.3. The van der Waals surface area contributed by atoms with Gasteiger partial charge in [-0.1, -0.05) is 18.2 Å². The van der Waals surface area contributed by atoms with Gasteiger partial charge in [0.2, 0.25) is 0 Å². The van der Waals surface area contributed by atoms with Crippen LogP contribution in [0.15, 0.2) is 42.7 Å². The summed E-state index contributed by atoms with van der Waals surface area (Å²) in [6.45, 7) is 2.78. The zero-order valence-corrected chi connectivity index (χ0v) is 14.3. The van der Waals surface area contributed by atoms with Crippen LogP contribution in [0.1, 0.15) is 5.56 Å². The van der Waals surface area contributed by atoms with Gasteiger partial charge in [-0.05, 0) is 12.1 Å². The van der Waals surface area contributed by atoms with E-state index >= 15 is 0 Å². The Morgan fingerprint density at radius 2 is 2.00 bits per heavy atom. The Labute approximate surface area is 147 Å². The maximum absolute atomic E-state index is 10.9. The van der Waals surface area contributed by atoms with E-state index in [0.717, 1.165) is 17.9 Å². The molecule has 2 aromatic rings. The highest BCUT2D eigenvalue weighted by molar-refractivity contribution is 5.21. The van der Waals surface area contributed by atoms with Crippen LogP contribution in [0.4, 0.5) is 0 Å². The molecule has 1 fully saturated rings. The number of hydrogen-bond acceptors (Lipinski definition) is 7. The summed E-state index contributed by atoms with van der Waals surface area (Å²) in [5.41, 5.74) is -0.117. The molecule has 0 radical (unpaired) electrons. The summed E-state index contributed by atoms with van der Waals surface area (Å²) in [4.78, 5) is 10.4. The van der Waals surface area contributed by atoms with E-state index in [1.54, 1.807) is 12.4 Å². The number of aliphatic hydroxyl groups is 1. The third-order valence-electron chi connectivity index (χ3n) is 3.96. The number of ether oxygens (including phenoxy) is 3. The second kappa shape index (κ2) is 8.24. The van der Waals surface area contributed by atoms with Gasteiger partial charge in [0.1, 0.15) is 18.0 Å². The van der Waals surface area contributed by atoms with Gasteiger partial charge in [0.15, 0.2) is 0 Å². The van der Waals surface area contributed by atoms with Gasteiger partial charge in [0.05, 0.1) is 20.3 Å². The van der Waals surface area contributed by atoms with Crippen molar-refractivity contribution in [2.45, 2.75) is 12.1 Å². The Morgan fingerprint density at radius 1 is 1.24 bits per heavy atom. The van der Waals surface area contributed by atoms with Crippen LogP contribution in [0.3, 0.4) is 0 Å². The highest BCUT2D eigenvalue weighted by Gasteiger charge is 2.33. The van der Waals surface area contributed by atoms with E-state index < -0.39 is 5.60 Å². The molecule has 1 atom stereocenters. The largest absolute Gasteiger partial charge is 0.490 e. The fourth-order valence-corrected chi connectivity index (χ4v) is 2.74. The summed E-state index contributed by atoms with van der Waals surface area (Å²) in [6.07, 6.45) is 3.47. The van der Waals surface area contributed by atoms with E-state index in [4.69, 9.17) is 14.2 Å². The first-order valence-corrected chi connectivity index (χ1v) is 8.22. The maximum atomic E-state index is 10.9. The Morgan fingerprint density at radius 3 is 2.72 bits per heavy atom. The monoisotopic (exact) mass is 345 g/mol. The standard InChI is InChI=1S/C18H23N3O4/c1-23-17-19-9-15(10-20-17)11-21-7-8-24-13-18(22,12-21)14-25-16-5-3-2-4-6-16/h2-6,9-10,22H,7-8,11-14H2,1H3/t18-/m1/s1. The first-order chi connectivity index (χ1) is 12.2. The Kier molecular flexibility index (Phi) is 5.80. The van der Waals surface area contributed by atoms with E-state index in [-0.39, 0.29) is 13.2 Å². The SMILES string of the molecule is COc1ncc(CN2CCOC[C@@](O)(COc3ccccc3)C2)cn1. The van der Waals surface area contributed by atoms with Crippen molar-refractivity contribution < 1.29 is 19.3 Å². The average molecular weight is 345 g/mol. The van der Waals surface area contributed by atoms with Gasteiger partial charge in [0, 0.05) is 37.6 Å². The maximum Gasteiger partial charge on any atom is 0.316 e. The van der Waals surface area contributed by atoms with Gasteiger partial charge in [0.25, 0.3) is 0 Å². The molecule has 1 saturated heterocycles. The van der Waals surface area contributed by atoms with Gasteiger partial charge in [-0.3, -0.25) is 4.90 Å². The van der Waals surface area contributed by atoms with Crippen molar-refractivity contribution in [2.75, 3.05) is 40.0 Å². The summed E-state index contributed by atoms with van der Waals surface area (Å²) in [5.74, 6) is 0.732. The van der Waals surface area contributed by atoms with Crippen molar-refractivity contribution in [3.05, 3.63) is 48.3 Å². The van der Waals surface area contributed by atoms with Crippen molar-refractivity contribution in [3.63, 3.8) is 0 Å². The number of β-amino-alcohol motifs (C(OH)–C–C–N with tert-alkyl or cyclic N) is 1. The molecule has 0 saturated carbocycles. The molecule has 0 aliphatic carbocycles. The smallest absolute Gasteiger partial charge is 0.316 e. The van der Waals surface area contributed by atoms with Crippen LogP contribution in [0.25, 0.3) is 0 Å². The van der Waals surface area contributed by atoms with Crippen LogP contribution in [0.5, 0.6) is 11.8 Å². The van der Waals surface area contributed by atoms with Gasteiger partial charge in [-0.25, -0.2) is 9.97 Å². The van der Waals surface area contributed by atoms with Crippen LogP contribution in [0, 0.1) is 0 Å². The lowest BCUT2D eigenvalue weighted by atomic mass is 10.1. The fraction of sp³-hybridized carbons (Fsp3) is 0.444. The molecule has 1 N–H and O–H groups in total. The number of para-hydroxylation sites is 1. The third-order valence-corrected chi connectivity index (χ3v) is 3.96. The van der Waals surface area contributed by atoms with Crippen LogP contribution in [0.2, 0.25) is 0 Å². The predicted molar refractivity (Wildman–Crippen MR) is 91.6 cm³/mol. The molecule has 1 aliphatic heterocycles. The molecule has 25 heavy (non-hydrogen) atoms. The number of aromatic nitrogens is 2. The predicted octanol–water partition coefficient (Wildman–Crippen LogP) is 1.13. The van der Waals surface area contributed by atoms with Crippen LogP contribution < -0.4 is 9.47 Å². The molecule has 0 amide bonds. The van der Waals surface area contributed by atoms with Gasteiger partial charge < -0.3 is 19.3 Å². The summed E-state index contributed by atoms with van der Waals surface area (Å²) in [5, 5.41) is 10.9. The molecular weight excluding hydrogens is 322 g/mol. The molecule has 1 aliphatic rings. The molecule has 0 unspecified atom stereocenters. The number of benzene rings is 1. The average Bonchev–Trinajstić information content (AvgIpc) is 2.83. The lowest BCUT2D eigenvalue weighted by molar-refractivity contribution is -0.0646. The highest BCUT2D eigenvalue weighted by atomic mass is 16.5. The molecule has 1 aromatic heterocycles. The Bertz CT molecular complexity index is 653. The summed E-state index contributed by atoms with van der Waals surface area (Å²) < 4.78 is 16.3. The quantitative estimate of drug-likeness (QED) is 0.841. The third kappa shape index (κ3) is 5.12. The molecule has 7 nitrogen and oxygen atoms in total. The van der Waals surface area contributed by atoms with Crippen molar-refractivity contribution in [2.24, 2.45) is 0 Å². The molecule has 0 spiro atoms. The summed E-state index contributed by atoms with van der Waals surface area (Å²) in [7, 11) is 1.54. The fourth-order valence-electron chi connectivity index (χ4n) is 2.74. The first kappa shape index (κ1) is 17.6. The first-order valence-electron chi connectivity index (χ1n) is 8.22. The molecule has 2 heterocycles. The summed E-state index contributed by atoms with van der Waals surface area (Å²) in [6, 6.07) is 9.81. The molecule has 3 rings (SSSR count). The van der Waals surface area contributed by atoms with Crippen molar-refractivity contribution in [1.29, 1.82) is 0 Å². The second-order valence-electron chi connectivity index (χ2n) is 6.17. The van der Waals surface area contributed by atoms with E-state index in [0.29, 0.717) is 25.7 Å². The van der Waals surface area contributed by atoms with Crippen LogP contribution in [-0.2, 0) is 11.3 Å². The van der Waals surface area contributed by atoms with E-state index in [2.05, 4.69) is 14.9 Å². The molecule has 1 aromatic carbocycles. The minimum Gasteiger partial charge on any atom is -0.490 e. The van der Waals surface area contributed by atoms with Crippen molar-refractivity contribution in [3.8, 4) is 11.8 Å². The molecule has 134 valence electrons. The van der Waals surface area contributed by atoms with Gasteiger partial charge >= 0.3 is 6.01 Å². The van der Waals surface area contributed by atoms with Crippen LogP contribution >= 0.6 is 0 Å². The lowest BCUT2D eigenvalue weighted by Gasteiger charge is -2.30. The lowest BCUT2D eigenvalue weighted by Crippen LogP contribution is -2.48. The second-order valence-corrected chi connectivity index (χ2v) is 6.17. The topological polar surface area (TPSA) is 76.9 Å². The Hall–Kier alpha value is -2.22. The number of hydrogen-bond donors (Lipinski definition) is 1. The van der Waals surface area contributed by atoms with E-state index in [1.165, 1.54) is 7.11 Å². The molecule has 0 bridgehead atoms. The molecular formula is C18H23N3O4. The van der Waals surface area contributed by atoms with E-state index in [1.807, 2.05) is 30.3 Å². The Balaban J connectivity index is 1.60. The normalized spacial score (nSPS) is 21.5. The van der Waals surface area contributed by atoms with Crippen molar-refractivity contribution >= 4 is 0 Å². The van der Waals surface area contributed by atoms with Gasteiger partial charge in [-0.15, -0.1) is 0 Å². The number of nitrogens with zero attached hydrogens (tertiary/aromatic N) is 3. The zero-order chi connectivity index (χ0) is 17.5. The van der Waals surface area contributed by atoms with Gasteiger partial charge in [-0.2, -0.15) is 0 Å². The molecule has 7 heteroatoms. The minimum atomic E-state index is -1.07. The van der Waals surface area contributed by atoms with Crippen LogP contribution in [-0.4, -0.2) is 65.6 Å².